The molecule has 2 nitrogen and oxygen atoms in total. The summed E-state index contributed by atoms with van der Waals surface area (Å²) < 4.78 is 0. The third-order valence-electron chi connectivity index (χ3n) is 2.60. The van der Waals surface area contributed by atoms with E-state index in [1.54, 1.807) is 13.0 Å². The lowest BCUT2D eigenvalue weighted by atomic mass is 10.1. The van der Waals surface area contributed by atoms with Gasteiger partial charge in [0, 0.05) is 10.9 Å². The van der Waals surface area contributed by atoms with Crippen molar-refractivity contribution in [2.24, 2.45) is 0 Å². The first kappa shape index (κ1) is 11.8. The van der Waals surface area contributed by atoms with E-state index in [-0.39, 0.29) is 0 Å². The smallest absolute Gasteiger partial charge is 0.145 e. The van der Waals surface area contributed by atoms with Gasteiger partial charge in [-0.2, -0.15) is 0 Å². The first-order valence-corrected chi connectivity index (χ1v) is 5.69. The molecule has 86 valence electrons. The number of nitrogens with zero attached hydrogens (tertiary/aromatic N) is 1. The number of fused-ring (bicyclic) bond motifs is 1. The Kier molecular flexibility index (Phi) is 3.25. The number of aldehydes is 1. The summed E-state index contributed by atoms with van der Waals surface area (Å²) in [6.07, 6.45) is 2.54. The normalized spacial score (nSPS) is 11.8. The fourth-order valence-electron chi connectivity index (χ4n) is 1.72. The zero-order chi connectivity index (χ0) is 12.4. The van der Waals surface area contributed by atoms with Crippen LogP contribution in [0.15, 0.2) is 29.8 Å². The molecule has 0 radical (unpaired) electrons. The number of aromatic nitrogens is 1. The number of hydrogen-bond acceptors (Lipinski definition) is 2. The van der Waals surface area contributed by atoms with Gasteiger partial charge in [0.05, 0.1) is 5.52 Å². The molecule has 1 aromatic heterocycles. The number of halogens is 1. The highest BCUT2D eigenvalue weighted by Crippen LogP contribution is 2.24. The molecule has 0 saturated heterocycles. The van der Waals surface area contributed by atoms with Crippen molar-refractivity contribution in [1.82, 2.24) is 4.98 Å². The number of allylic oxidation sites excluding steroid dienone is 1. The second-order valence-electron chi connectivity index (χ2n) is 4.02. The third kappa shape index (κ3) is 2.37. The van der Waals surface area contributed by atoms with Gasteiger partial charge in [-0.15, -0.1) is 0 Å². The quantitative estimate of drug-likeness (QED) is 0.458. The Morgan fingerprint density at radius 2 is 2.18 bits per heavy atom. The summed E-state index contributed by atoms with van der Waals surface area (Å²) in [5.74, 6) is 0. The van der Waals surface area contributed by atoms with Gasteiger partial charge in [-0.3, -0.25) is 4.79 Å². The van der Waals surface area contributed by atoms with E-state index in [0.29, 0.717) is 10.7 Å². The molecule has 17 heavy (non-hydrogen) atoms. The lowest BCUT2D eigenvalue weighted by molar-refractivity contribution is -0.104. The van der Waals surface area contributed by atoms with Crippen molar-refractivity contribution in [1.29, 1.82) is 0 Å². The first-order chi connectivity index (χ1) is 8.11. The van der Waals surface area contributed by atoms with E-state index in [0.717, 1.165) is 28.3 Å². The van der Waals surface area contributed by atoms with Crippen LogP contribution < -0.4 is 0 Å². The van der Waals surface area contributed by atoms with Crippen molar-refractivity contribution in [2.75, 3.05) is 0 Å². The first-order valence-electron chi connectivity index (χ1n) is 5.31. The van der Waals surface area contributed by atoms with Gasteiger partial charge in [-0.05, 0) is 37.1 Å². The Hall–Kier alpha value is -1.67. The highest BCUT2D eigenvalue weighted by atomic mass is 35.5. The molecule has 0 atom stereocenters. The molecule has 3 heteroatoms. The van der Waals surface area contributed by atoms with Crippen LogP contribution in [0.5, 0.6) is 0 Å². The van der Waals surface area contributed by atoms with Crippen molar-refractivity contribution in [3.8, 4) is 0 Å². The van der Waals surface area contributed by atoms with Gasteiger partial charge in [0.1, 0.15) is 11.4 Å². The van der Waals surface area contributed by atoms with Gasteiger partial charge in [0.15, 0.2) is 0 Å². The number of para-hydroxylation sites is 1. The molecule has 0 aliphatic heterocycles. The Labute approximate surface area is 105 Å². The van der Waals surface area contributed by atoms with E-state index in [2.05, 4.69) is 4.98 Å². The summed E-state index contributed by atoms with van der Waals surface area (Å²) in [4.78, 5) is 15.0. The van der Waals surface area contributed by atoms with Gasteiger partial charge < -0.3 is 0 Å². The molecule has 2 rings (SSSR count). The second kappa shape index (κ2) is 4.68. The largest absolute Gasteiger partial charge is 0.298 e. The van der Waals surface area contributed by atoms with E-state index < -0.39 is 0 Å². The van der Waals surface area contributed by atoms with E-state index in [1.165, 1.54) is 0 Å². The molecule has 0 aliphatic rings. The number of carbonyl (C=O) groups is 1. The maximum atomic E-state index is 10.6. The number of pyridine rings is 1. The van der Waals surface area contributed by atoms with Gasteiger partial charge in [0.2, 0.25) is 0 Å². The number of carbonyl (C=O) groups excluding carboxylic acids is 1. The molecule has 2 aromatic rings. The minimum atomic E-state index is 0.424. The van der Waals surface area contributed by atoms with Crippen LogP contribution in [0.3, 0.4) is 0 Å². The molecule has 0 spiro atoms. The van der Waals surface area contributed by atoms with Gasteiger partial charge in [0.25, 0.3) is 0 Å². The molecular formula is C14H12ClNO. The maximum absolute atomic E-state index is 10.6. The SMILES string of the molecule is CC(C=O)=Cc1cc2cccc(C)c2nc1Cl. The Morgan fingerprint density at radius 3 is 2.88 bits per heavy atom. The second-order valence-corrected chi connectivity index (χ2v) is 4.38. The molecule has 0 amide bonds. The van der Waals surface area contributed by atoms with Gasteiger partial charge in [-0.25, -0.2) is 4.98 Å². The van der Waals surface area contributed by atoms with Crippen molar-refractivity contribution in [3.05, 3.63) is 46.1 Å². The molecule has 0 fully saturated rings. The molecule has 0 N–H and O–H groups in total. The summed E-state index contributed by atoms with van der Waals surface area (Å²) in [6.45, 7) is 3.74. The molecule has 0 bridgehead atoms. The number of hydrogen-bond donors (Lipinski definition) is 0. The van der Waals surface area contributed by atoms with Gasteiger partial charge >= 0.3 is 0 Å². The zero-order valence-electron chi connectivity index (χ0n) is 9.70. The average Bonchev–Trinajstić information content (AvgIpc) is 2.31. The zero-order valence-corrected chi connectivity index (χ0v) is 10.5. The van der Waals surface area contributed by atoms with E-state index >= 15 is 0 Å². The summed E-state index contributed by atoms with van der Waals surface area (Å²) >= 11 is 6.10. The van der Waals surface area contributed by atoms with Crippen LogP contribution >= 0.6 is 11.6 Å². The topological polar surface area (TPSA) is 30.0 Å². The van der Waals surface area contributed by atoms with Crippen molar-refractivity contribution in [2.45, 2.75) is 13.8 Å². The molecular weight excluding hydrogens is 234 g/mol. The van der Waals surface area contributed by atoms with Crippen LogP contribution in [0.4, 0.5) is 0 Å². The molecule has 0 aliphatic carbocycles. The highest BCUT2D eigenvalue weighted by Gasteiger charge is 2.04. The Balaban J connectivity index is 2.68. The van der Waals surface area contributed by atoms with E-state index in [4.69, 9.17) is 11.6 Å². The fourth-order valence-corrected chi connectivity index (χ4v) is 1.91. The summed E-state index contributed by atoms with van der Waals surface area (Å²) in [5.41, 5.74) is 3.39. The summed E-state index contributed by atoms with van der Waals surface area (Å²) in [5, 5.41) is 1.45. The number of benzene rings is 1. The van der Waals surface area contributed by atoms with Crippen LogP contribution in [0, 0.1) is 6.92 Å². The molecule has 1 aromatic carbocycles. The maximum Gasteiger partial charge on any atom is 0.145 e. The summed E-state index contributed by atoms with van der Waals surface area (Å²) in [7, 11) is 0. The van der Waals surface area contributed by atoms with Crippen LogP contribution in [0.1, 0.15) is 18.1 Å². The van der Waals surface area contributed by atoms with Gasteiger partial charge in [-0.1, -0.05) is 29.8 Å². The summed E-state index contributed by atoms with van der Waals surface area (Å²) in [6, 6.07) is 7.91. The molecule has 1 heterocycles. The third-order valence-corrected chi connectivity index (χ3v) is 2.90. The fraction of sp³-hybridized carbons (Fsp3) is 0.143. The van der Waals surface area contributed by atoms with Crippen LogP contribution in [-0.2, 0) is 4.79 Å². The van der Waals surface area contributed by atoms with E-state index in [1.807, 2.05) is 31.2 Å². The Bertz CT molecular complexity index is 617. The van der Waals surface area contributed by atoms with Crippen molar-refractivity contribution < 1.29 is 4.79 Å². The average molecular weight is 246 g/mol. The molecule has 0 saturated carbocycles. The standard InChI is InChI=1S/C14H12ClNO/c1-9(8-17)6-12-7-11-5-3-4-10(2)13(11)16-14(12)15/h3-8H,1-2H3. The number of rotatable bonds is 2. The minimum Gasteiger partial charge on any atom is -0.298 e. The number of aryl methyl sites for hydroxylation is 1. The lowest BCUT2D eigenvalue weighted by Gasteiger charge is -2.04. The van der Waals surface area contributed by atoms with E-state index in [9.17, 15) is 4.79 Å². The monoisotopic (exact) mass is 245 g/mol. The highest BCUT2D eigenvalue weighted by molar-refractivity contribution is 6.31. The van der Waals surface area contributed by atoms with Crippen LogP contribution in [0.2, 0.25) is 5.15 Å². The molecule has 0 unspecified atom stereocenters. The van der Waals surface area contributed by atoms with Crippen LogP contribution in [-0.4, -0.2) is 11.3 Å². The predicted molar refractivity (Wildman–Crippen MR) is 71.2 cm³/mol. The van der Waals surface area contributed by atoms with Crippen LogP contribution in [0.25, 0.3) is 17.0 Å². The predicted octanol–water partition coefficient (Wildman–Crippen LogP) is 3.80. The van der Waals surface area contributed by atoms with Crippen molar-refractivity contribution in [3.63, 3.8) is 0 Å². The van der Waals surface area contributed by atoms with Crippen molar-refractivity contribution >= 4 is 34.9 Å². The Morgan fingerprint density at radius 1 is 1.41 bits per heavy atom. The lowest BCUT2D eigenvalue weighted by Crippen LogP contribution is -1.88. The minimum absolute atomic E-state index is 0.424.